The van der Waals surface area contributed by atoms with Crippen molar-refractivity contribution in [2.45, 2.75) is 25.5 Å². The maximum absolute atomic E-state index is 12.4. The van der Waals surface area contributed by atoms with Crippen LogP contribution in [0, 0.1) is 0 Å². The third kappa shape index (κ3) is 5.98. The summed E-state index contributed by atoms with van der Waals surface area (Å²) in [5, 5.41) is 2.08. The van der Waals surface area contributed by atoms with Crippen LogP contribution in [0.3, 0.4) is 0 Å². The van der Waals surface area contributed by atoms with E-state index in [9.17, 15) is 31.1 Å². The SMILES string of the molecule is CC(COC(F)(F)F)NC(=O)c1cncc(C(F)(F)F)c1. The maximum Gasteiger partial charge on any atom is 0.522 e. The van der Waals surface area contributed by atoms with E-state index in [0.717, 1.165) is 6.20 Å². The molecular formula is C11H10F6N2O2. The second-order valence-corrected chi connectivity index (χ2v) is 4.09. The molecule has 1 aromatic rings. The average Bonchev–Trinajstić information content (AvgIpc) is 2.34. The van der Waals surface area contributed by atoms with Crippen molar-refractivity contribution in [2.24, 2.45) is 0 Å². The number of hydrogen-bond acceptors (Lipinski definition) is 3. The molecule has 21 heavy (non-hydrogen) atoms. The van der Waals surface area contributed by atoms with Gasteiger partial charge in [0.1, 0.15) is 0 Å². The Kier molecular flexibility index (Phi) is 5.15. The number of nitrogens with zero attached hydrogens (tertiary/aromatic N) is 1. The van der Waals surface area contributed by atoms with Crippen LogP contribution in [0.2, 0.25) is 0 Å². The molecule has 0 fully saturated rings. The molecule has 1 heterocycles. The van der Waals surface area contributed by atoms with Crippen molar-refractivity contribution in [2.75, 3.05) is 6.61 Å². The molecule has 118 valence electrons. The van der Waals surface area contributed by atoms with Crippen molar-refractivity contribution < 1.29 is 35.9 Å². The van der Waals surface area contributed by atoms with Gasteiger partial charge in [-0.3, -0.25) is 14.5 Å². The average molecular weight is 316 g/mol. The van der Waals surface area contributed by atoms with E-state index < -0.39 is 42.2 Å². The monoisotopic (exact) mass is 316 g/mol. The largest absolute Gasteiger partial charge is 0.522 e. The van der Waals surface area contributed by atoms with Crippen LogP contribution in [0.4, 0.5) is 26.3 Å². The lowest BCUT2D eigenvalue weighted by atomic mass is 10.2. The van der Waals surface area contributed by atoms with Crippen molar-refractivity contribution in [3.63, 3.8) is 0 Å². The fourth-order valence-corrected chi connectivity index (χ4v) is 1.29. The first-order valence-corrected chi connectivity index (χ1v) is 5.53. The fraction of sp³-hybridized carbons (Fsp3) is 0.455. The molecule has 0 bridgehead atoms. The third-order valence-electron chi connectivity index (χ3n) is 2.20. The highest BCUT2D eigenvalue weighted by Crippen LogP contribution is 2.28. The second kappa shape index (κ2) is 6.29. The van der Waals surface area contributed by atoms with E-state index in [1.54, 1.807) is 0 Å². The Hall–Kier alpha value is -1.84. The molecule has 0 aliphatic rings. The summed E-state index contributed by atoms with van der Waals surface area (Å²) in [4.78, 5) is 14.9. The van der Waals surface area contributed by atoms with E-state index in [1.165, 1.54) is 6.92 Å². The van der Waals surface area contributed by atoms with Crippen molar-refractivity contribution in [1.82, 2.24) is 10.3 Å². The minimum Gasteiger partial charge on any atom is -0.347 e. The van der Waals surface area contributed by atoms with E-state index in [2.05, 4.69) is 15.0 Å². The number of pyridine rings is 1. The van der Waals surface area contributed by atoms with E-state index in [4.69, 9.17) is 0 Å². The summed E-state index contributed by atoms with van der Waals surface area (Å²) in [7, 11) is 0. The first kappa shape index (κ1) is 17.2. The van der Waals surface area contributed by atoms with Crippen molar-refractivity contribution in [3.8, 4) is 0 Å². The number of rotatable bonds is 4. The van der Waals surface area contributed by atoms with Gasteiger partial charge in [0.2, 0.25) is 0 Å². The van der Waals surface area contributed by atoms with Gasteiger partial charge in [-0.15, -0.1) is 13.2 Å². The van der Waals surface area contributed by atoms with Crippen molar-refractivity contribution in [3.05, 3.63) is 29.6 Å². The minimum atomic E-state index is -4.85. The summed E-state index contributed by atoms with van der Waals surface area (Å²) in [6.07, 6.45) is -8.11. The van der Waals surface area contributed by atoms with Gasteiger partial charge in [0.15, 0.2) is 0 Å². The molecule has 10 heteroatoms. The molecule has 0 saturated heterocycles. The third-order valence-corrected chi connectivity index (χ3v) is 2.20. The lowest BCUT2D eigenvalue weighted by Gasteiger charge is -2.15. The van der Waals surface area contributed by atoms with Crippen LogP contribution in [0.1, 0.15) is 22.8 Å². The lowest BCUT2D eigenvalue weighted by Crippen LogP contribution is -2.37. The van der Waals surface area contributed by atoms with E-state index in [0.29, 0.717) is 12.3 Å². The molecular weight excluding hydrogens is 306 g/mol. The van der Waals surface area contributed by atoms with Crippen molar-refractivity contribution in [1.29, 1.82) is 0 Å². The highest BCUT2D eigenvalue weighted by molar-refractivity contribution is 5.94. The summed E-state index contributed by atoms with van der Waals surface area (Å²) in [6, 6.07) is -0.492. The van der Waals surface area contributed by atoms with Crippen LogP contribution in [-0.2, 0) is 10.9 Å². The first-order valence-electron chi connectivity index (χ1n) is 5.53. The zero-order valence-electron chi connectivity index (χ0n) is 10.5. The molecule has 0 aliphatic carbocycles. The molecule has 0 saturated carbocycles. The summed E-state index contributed by atoms with van der Waals surface area (Å²) >= 11 is 0. The Morgan fingerprint density at radius 2 is 1.90 bits per heavy atom. The number of aromatic nitrogens is 1. The molecule has 0 radical (unpaired) electrons. The normalized spacial score (nSPS) is 13.9. The Morgan fingerprint density at radius 1 is 1.29 bits per heavy atom. The quantitative estimate of drug-likeness (QED) is 0.869. The Labute approximate surface area is 115 Å². The summed E-state index contributed by atoms with van der Waals surface area (Å²) in [6.45, 7) is 0.353. The number of ether oxygens (including phenoxy) is 1. The zero-order chi connectivity index (χ0) is 16.3. The molecule has 0 spiro atoms. The fourth-order valence-electron chi connectivity index (χ4n) is 1.29. The van der Waals surface area contributed by atoms with Crippen LogP contribution < -0.4 is 5.32 Å². The van der Waals surface area contributed by atoms with Crippen LogP contribution in [-0.4, -0.2) is 29.9 Å². The topological polar surface area (TPSA) is 51.2 Å². The molecule has 0 aromatic carbocycles. The van der Waals surface area contributed by atoms with Crippen LogP contribution in [0.25, 0.3) is 0 Å². The van der Waals surface area contributed by atoms with Gasteiger partial charge in [-0.05, 0) is 13.0 Å². The van der Waals surface area contributed by atoms with Gasteiger partial charge in [-0.25, -0.2) is 0 Å². The predicted molar refractivity (Wildman–Crippen MR) is 58.2 cm³/mol. The summed E-state index contributed by atoms with van der Waals surface area (Å²) < 4.78 is 76.2. The number of hydrogen-bond donors (Lipinski definition) is 1. The Morgan fingerprint density at radius 3 is 2.43 bits per heavy atom. The van der Waals surface area contributed by atoms with Gasteiger partial charge in [-0.2, -0.15) is 13.2 Å². The number of nitrogens with one attached hydrogen (secondary N) is 1. The molecule has 1 amide bonds. The van der Waals surface area contributed by atoms with Gasteiger partial charge < -0.3 is 5.32 Å². The zero-order valence-corrected chi connectivity index (χ0v) is 10.5. The van der Waals surface area contributed by atoms with Crippen LogP contribution in [0.15, 0.2) is 18.5 Å². The Balaban J connectivity index is 2.68. The van der Waals surface area contributed by atoms with E-state index in [1.807, 2.05) is 0 Å². The number of carbonyl (C=O) groups is 1. The van der Waals surface area contributed by atoms with E-state index >= 15 is 0 Å². The van der Waals surface area contributed by atoms with Crippen LogP contribution >= 0.6 is 0 Å². The highest BCUT2D eigenvalue weighted by atomic mass is 19.4. The van der Waals surface area contributed by atoms with Gasteiger partial charge in [-0.1, -0.05) is 0 Å². The Bertz CT molecular complexity index is 500. The number of halogens is 6. The molecule has 1 N–H and O–H groups in total. The van der Waals surface area contributed by atoms with Gasteiger partial charge in [0.25, 0.3) is 5.91 Å². The summed E-state index contributed by atoms with van der Waals surface area (Å²) in [5.41, 5.74) is -1.54. The summed E-state index contributed by atoms with van der Waals surface area (Å²) in [5.74, 6) is -0.980. The highest BCUT2D eigenvalue weighted by Gasteiger charge is 2.32. The second-order valence-electron chi connectivity index (χ2n) is 4.09. The standard InChI is InChI=1S/C11H10F6N2O2/c1-6(5-21-11(15,16)17)19-9(20)7-2-8(4-18-3-7)10(12,13)14/h2-4,6H,5H2,1H3,(H,19,20). The maximum atomic E-state index is 12.4. The molecule has 4 nitrogen and oxygen atoms in total. The minimum absolute atomic E-state index is 0.413. The molecule has 0 aliphatic heterocycles. The van der Waals surface area contributed by atoms with Gasteiger partial charge in [0.05, 0.1) is 23.8 Å². The molecule has 1 unspecified atom stereocenters. The van der Waals surface area contributed by atoms with Gasteiger partial charge >= 0.3 is 12.5 Å². The van der Waals surface area contributed by atoms with E-state index in [-0.39, 0.29) is 0 Å². The number of amides is 1. The molecule has 1 rings (SSSR count). The molecule has 1 atom stereocenters. The van der Waals surface area contributed by atoms with Gasteiger partial charge in [0, 0.05) is 12.4 Å². The smallest absolute Gasteiger partial charge is 0.347 e. The van der Waals surface area contributed by atoms with Crippen LogP contribution in [0.5, 0.6) is 0 Å². The number of alkyl halides is 6. The predicted octanol–water partition coefficient (Wildman–Crippen LogP) is 2.76. The lowest BCUT2D eigenvalue weighted by molar-refractivity contribution is -0.325. The first-order chi connectivity index (χ1) is 9.49. The number of carbonyl (C=O) groups excluding carboxylic acids is 1. The van der Waals surface area contributed by atoms with Crippen molar-refractivity contribution >= 4 is 5.91 Å². The molecule has 1 aromatic heterocycles.